The second kappa shape index (κ2) is 11.1. The average Bonchev–Trinajstić information content (AvgIpc) is 2.89. The van der Waals surface area contributed by atoms with Gasteiger partial charge in [0.25, 0.3) is 0 Å². The number of aryl methyl sites for hydroxylation is 1. The first-order chi connectivity index (χ1) is 17.7. The van der Waals surface area contributed by atoms with Crippen LogP contribution < -0.4 is 15.0 Å². The predicted octanol–water partition coefficient (Wildman–Crippen LogP) is 3.12. The van der Waals surface area contributed by atoms with Crippen molar-refractivity contribution in [2.45, 2.75) is 24.8 Å². The molecule has 1 aliphatic rings. The number of nitrogens with zero attached hydrogens (tertiary/aromatic N) is 4. The van der Waals surface area contributed by atoms with Crippen LogP contribution in [-0.2, 0) is 19.6 Å². The molecule has 2 aromatic carbocycles. The molecule has 12 heteroatoms. The minimum absolute atomic E-state index is 0.136. The minimum atomic E-state index is -3.72. The third-order valence-corrected chi connectivity index (χ3v) is 7.70. The van der Waals surface area contributed by atoms with E-state index in [0.29, 0.717) is 36.3 Å². The van der Waals surface area contributed by atoms with Crippen molar-refractivity contribution in [2.24, 2.45) is 0 Å². The van der Waals surface area contributed by atoms with Gasteiger partial charge in [-0.3, -0.25) is 0 Å². The highest BCUT2D eigenvalue weighted by atomic mass is 32.2. The van der Waals surface area contributed by atoms with Crippen LogP contribution in [0.15, 0.2) is 59.5 Å². The fourth-order valence-electron chi connectivity index (χ4n) is 3.83. The van der Waals surface area contributed by atoms with Crippen LogP contribution in [0, 0.1) is 12.7 Å². The Bertz CT molecular complexity index is 1340. The highest BCUT2D eigenvalue weighted by Crippen LogP contribution is 2.24. The number of halogens is 1. The molecule has 1 N–H and O–H groups in total. The molecule has 1 fully saturated rings. The molecule has 1 saturated heterocycles. The molecule has 196 valence electrons. The van der Waals surface area contributed by atoms with E-state index in [1.54, 1.807) is 25.1 Å². The molecule has 3 aromatic rings. The summed E-state index contributed by atoms with van der Waals surface area (Å²) in [5, 5.41) is 3.15. The van der Waals surface area contributed by atoms with E-state index < -0.39 is 22.1 Å². The zero-order valence-corrected chi connectivity index (χ0v) is 21.5. The molecule has 0 aliphatic carbocycles. The number of benzene rings is 2. The second-order valence-electron chi connectivity index (χ2n) is 8.47. The Labute approximate surface area is 215 Å². The molecule has 4 rings (SSSR count). The average molecular weight is 530 g/mol. The van der Waals surface area contributed by atoms with E-state index in [1.165, 1.54) is 47.8 Å². The summed E-state index contributed by atoms with van der Waals surface area (Å²) in [6, 6.07) is 13.7. The van der Waals surface area contributed by atoms with Crippen molar-refractivity contribution in [3.05, 3.63) is 66.1 Å². The number of carbonyl (C=O) groups excluding carboxylic acids is 1. The van der Waals surface area contributed by atoms with Crippen molar-refractivity contribution in [1.82, 2.24) is 14.3 Å². The number of sulfonamides is 1. The number of carbonyl (C=O) groups is 1. The van der Waals surface area contributed by atoms with Gasteiger partial charge in [-0.05, 0) is 62.4 Å². The van der Waals surface area contributed by atoms with E-state index in [9.17, 15) is 17.6 Å². The van der Waals surface area contributed by atoms with Crippen molar-refractivity contribution in [3.8, 4) is 5.75 Å². The quantitative estimate of drug-likeness (QED) is 0.440. The lowest BCUT2D eigenvalue weighted by Crippen LogP contribution is -2.49. The smallest absolute Gasteiger partial charge is 0.346 e. The molecule has 0 spiro atoms. The number of aromatic nitrogens is 2. The number of rotatable bonds is 8. The van der Waals surface area contributed by atoms with Crippen LogP contribution in [0.25, 0.3) is 0 Å². The number of piperazine rings is 1. The van der Waals surface area contributed by atoms with Crippen LogP contribution in [0.1, 0.15) is 12.6 Å². The highest BCUT2D eigenvalue weighted by Gasteiger charge is 2.29. The number of methoxy groups -OCH3 is 1. The Hall–Kier alpha value is -3.77. The van der Waals surface area contributed by atoms with Crippen LogP contribution in [0.3, 0.4) is 0 Å². The minimum Gasteiger partial charge on any atom is -0.479 e. The van der Waals surface area contributed by atoms with Gasteiger partial charge >= 0.3 is 5.97 Å². The first-order valence-electron chi connectivity index (χ1n) is 11.6. The summed E-state index contributed by atoms with van der Waals surface area (Å²) in [6.45, 7) is 4.75. The fraction of sp³-hybridized carbons (Fsp3) is 0.320. The lowest BCUT2D eigenvalue weighted by molar-refractivity contribution is -0.147. The largest absolute Gasteiger partial charge is 0.479 e. The molecule has 10 nitrogen and oxygen atoms in total. The predicted molar refractivity (Wildman–Crippen MR) is 136 cm³/mol. The van der Waals surface area contributed by atoms with Gasteiger partial charge in [-0.2, -0.15) is 9.29 Å². The van der Waals surface area contributed by atoms with E-state index >= 15 is 0 Å². The van der Waals surface area contributed by atoms with Gasteiger partial charge in [-0.15, -0.1) is 0 Å². The number of anilines is 3. The standard InChI is InChI=1S/C25H28FN5O5S/c1-17-16-23(28-20-6-4-19(26)5-7-20)29-25(27-17)30-12-14-31(15-13-30)37(33,34)22-10-8-21(9-11-22)36-18(2)24(32)35-3/h4-11,16,18H,12-15H2,1-3H3,(H,27,28,29)/t18-/m0/s1. The van der Waals surface area contributed by atoms with Crippen molar-refractivity contribution in [1.29, 1.82) is 0 Å². The van der Waals surface area contributed by atoms with Crippen LogP contribution in [0.5, 0.6) is 5.75 Å². The maximum Gasteiger partial charge on any atom is 0.346 e. The van der Waals surface area contributed by atoms with Crippen molar-refractivity contribution >= 4 is 33.4 Å². The fourth-order valence-corrected chi connectivity index (χ4v) is 5.25. The maximum atomic E-state index is 13.2. The molecule has 0 unspecified atom stereocenters. The van der Waals surface area contributed by atoms with Gasteiger partial charge in [0.05, 0.1) is 12.0 Å². The first-order valence-corrected chi connectivity index (χ1v) is 13.1. The molecule has 2 heterocycles. The molecule has 1 atom stereocenters. The van der Waals surface area contributed by atoms with Crippen LogP contribution >= 0.6 is 0 Å². The summed E-state index contributed by atoms with van der Waals surface area (Å²) < 4.78 is 51.1. The van der Waals surface area contributed by atoms with E-state index in [1.807, 2.05) is 11.8 Å². The summed E-state index contributed by atoms with van der Waals surface area (Å²) in [4.78, 5) is 22.7. The molecular weight excluding hydrogens is 501 g/mol. The molecule has 0 bridgehead atoms. The van der Waals surface area contributed by atoms with Crippen molar-refractivity contribution in [3.63, 3.8) is 0 Å². The van der Waals surface area contributed by atoms with Gasteiger partial charge in [-0.1, -0.05) is 0 Å². The van der Waals surface area contributed by atoms with E-state index in [2.05, 4.69) is 20.0 Å². The molecule has 37 heavy (non-hydrogen) atoms. The third kappa shape index (κ3) is 6.33. The summed E-state index contributed by atoms with van der Waals surface area (Å²) in [6.07, 6.45) is -0.809. The zero-order chi connectivity index (χ0) is 26.6. The monoisotopic (exact) mass is 529 g/mol. The van der Waals surface area contributed by atoms with Crippen LogP contribution in [-0.4, -0.2) is 68.1 Å². The third-order valence-electron chi connectivity index (χ3n) is 5.79. The Balaban J connectivity index is 1.40. The Morgan fingerprint density at radius 2 is 1.68 bits per heavy atom. The van der Waals surface area contributed by atoms with Crippen molar-refractivity contribution < 1.29 is 27.1 Å². The second-order valence-corrected chi connectivity index (χ2v) is 10.4. The summed E-state index contributed by atoms with van der Waals surface area (Å²) in [5.41, 5.74) is 1.44. The molecular formula is C25H28FN5O5S. The van der Waals surface area contributed by atoms with Crippen molar-refractivity contribution in [2.75, 3.05) is 43.5 Å². The van der Waals surface area contributed by atoms with Gasteiger partial charge < -0.3 is 19.7 Å². The lowest BCUT2D eigenvalue weighted by Gasteiger charge is -2.34. The Kier molecular flexibility index (Phi) is 7.89. The molecule has 0 amide bonds. The van der Waals surface area contributed by atoms with Gasteiger partial charge in [0.1, 0.15) is 17.4 Å². The normalized spacial score (nSPS) is 15.2. The highest BCUT2D eigenvalue weighted by molar-refractivity contribution is 7.89. The lowest BCUT2D eigenvalue weighted by atomic mass is 10.3. The zero-order valence-electron chi connectivity index (χ0n) is 20.7. The van der Waals surface area contributed by atoms with Crippen LogP contribution in [0.4, 0.5) is 21.8 Å². The molecule has 0 saturated carbocycles. The summed E-state index contributed by atoms with van der Waals surface area (Å²) in [7, 11) is -2.45. The summed E-state index contributed by atoms with van der Waals surface area (Å²) in [5.74, 6) is 0.570. The SMILES string of the molecule is COC(=O)[C@H](C)Oc1ccc(S(=O)(=O)N2CCN(c3nc(C)cc(Nc4ccc(F)cc4)n3)CC2)cc1. The Morgan fingerprint density at radius 1 is 1.03 bits per heavy atom. The van der Waals surface area contributed by atoms with E-state index in [-0.39, 0.29) is 23.8 Å². The maximum absolute atomic E-state index is 13.2. The van der Waals surface area contributed by atoms with Gasteiger partial charge in [-0.25, -0.2) is 22.6 Å². The van der Waals surface area contributed by atoms with Gasteiger partial charge in [0.2, 0.25) is 16.0 Å². The van der Waals surface area contributed by atoms with Crippen LogP contribution in [0.2, 0.25) is 0 Å². The molecule has 1 aliphatic heterocycles. The molecule has 1 aromatic heterocycles. The van der Waals surface area contributed by atoms with E-state index in [4.69, 9.17) is 4.74 Å². The molecule has 0 radical (unpaired) electrons. The number of hydrogen-bond donors (Lipinski definition) is 1. The number of esters is 1. The number of nitrogens with one attached hydrogen (secondary N) is 1. The van der Waals surface area contributed by atoms with Gasteiger partial charge in [0.15, 0.2) is 6.10 Å². The van der Waals surface area contributed by atoms with E-state index in [0.717, 1.165) is 5.69 Å². The number of ether oxygens (including phenoxy) is 2. The van der Waals surface area contributed by atoms with Gasteiger partial charge in [0, 0.05) is 43.6 Å². The Morgan fingerprint density at radius 3 is 2.30 bits per heavy atom. The number of hydrogen-bond acceptors (Lipinski definition) is 9. The first kappa shape index (κ1) is 26.3. The summed E-state index contributed by atoms with van der Waals surface area (Å²) >= 11 is 0. The topological polar surface area (TPSA) is 114 Å².